The van der Waals surface area contributed by atoms with Gasteiger partial charge in [0.2, 0.25) is 0 Å². The van der Waals surface area contributed by atoms with E-state index in [0.717, 1.165) is 19.1 Å². The van der Waals surface area contributed by atoms with Crippen molar-refractivity contribution in [2.45, 2.75) is 63.6 Å². The highest BCUT2D eigenvalue weighted by atomic mass is 28.3. The van der Waals surface area contributed by atoms with E-state index in [9.17, 15) is 0 Å². The first-order valence-electron chi connectivity index (χ1n) is 6.76. The van der Waals surface area contributed by atoms with Crippen LogP contribution in [0.1, 0.15) is 25.7 Å². The second-order valence-corrected chi connectivity index (χ2v) is 12.2. The fourth-order valence-electron chi connectivity index (χ4n) is 2.78. The SMILES string of the molecule is C[Si](C)(C)CC1CCC(OCC2CO2)CC1. The van der Waals surface area contributed by atoms with Gasteiger partial charge in [-0.2, -0.15) is 0 Å². The Morgan fingerprint density at radius 2 is 1.75 bits per heavy atom. The molecule has 1 heterocycles. The second-order valence-electron chi connectivity index (χ2n) is 6.70. The molecule has 1 saturated carbocycles. The maximum absolute atomic E-state index is 5.87. The Balaban J connectivity index is 1.61. The summed E-state index contributed by atoms with van der Waals surface area (Å²) in [7, 11) is -0.854. The van der Waals surface area contributed by atoms with Gasteiger partial charge in [-0.3, -0.25) is 0 Å². The molecule has 2 rings (SSSR count). The highest BCUT2D eigenvalue weighted by Crippen LogP contribution is 2.32. The van der Waals surface area contributed by atoms with E-state index in [4.69, 9.17) is 9.47 Å². The summed E-state index contributed by atoms with van der Waals surface area (Å²) in [5, 5.41) is 0. The Labute approximate surface area is 101 Å². The lowest BCUT2D eigenvalue weighted by Gasteiger charge is -2.31. The van der Waals surface area contributed by atoms with Gasteiger partial charge in [0.15, 0.2) is 0 Å². The second kappa shape index (κ2) is 5.19. The lowest BCUT2D eigenvalue weighted by Crippen LogP contribution is -2.29. The van der Waals surface area contributed by atoms with E-state index < -0.39 is 8.07 Å². The normalized spacial score (nSPS) is 35.1. The van der Waals surface area contributed by atoms with E-state index in [1.165, 1.54) is 31.7 Å². The molecule has 0 radical (unpaired) electrons. The molecule has 16 heavy (non-hydrogen) atoms. The van der Waals surface area contributed by atoms with Gasteiger partial charge in [-0.05, 0) is 31.6 Å². The van der Waals surface area contributed by atoms with Gasteiger partial charge >= 0.3 is 0 Å². The van der Waals surface area contributed by atoms with Crippen molar-refractivity contribution in [3.8, 4) is 0 Å². The zero-order valence-electron chi connectivity index (χ0n) is 11.0. The lowest BCUT2D eigenvalue weighted by molar-refractivity contribution is 0.0119. The quantitative estimate of drug-likeness (QED) is 0.545. The van der Waals surface area contributed by atoms with Crippen molar-refractivity contribution in [1.29, 1.82) is 0 Å². The van der Waals surface area contributed by atoms with Crippen LogP contribution in [0.4, 0.5) is 0 Å². The van der Waals surface area contributed by atoms with Crippen LogP contribution < -0.4 is 0 Å². The van der Waals surface area contributed by atoms with Crippen LogP contribution in [0.15, 0.2) is 0 Å². The van der Waals surface area contributed by atoms with E-state index in [1.807, 2.05) is 0 Å². The molecule has 1 aliphatic heterocycles. The standard InChI is InChI=1S/C13H26O2Si/c1-16(2,3)10-11-4-6-12(7-5-11)14-8-13-9-15-13/h11-13H,4-10H2,1-3H3. The molecular weight excluding hydrogens is 216 g/mol. The van der Waals surface area contributed by atoms with Crippen molar-refractivity contribution in [3.05, 3.63) is 0 Å². The van der Waals surface area contributed by atoms with Gasteiger partial charge in [-0.1, -0.05) is 25.7 Å². The van der Waals surface area contributed by atoms with Crippen molar-refractivity contribution in [1.82, 2.24) is 0 Å². The molecule has 2 fully saturated rings. The van der Waals surface area contributed by atoms with Crippen LogP contribution in [-0.2, 0) is 9.47 Å². The fourth-order valence-corrected chi connectivity index (χ4v) is 4.92. The molecule has 94 valence electrons. The third-order valence-electron chi connectivity index (χ3n) is 3.62. The third-order valence-corrected chi connectivity index (χ3v) is 5.42. The molecule has 1 atom stereocenters. The predicted octanol–water partition coefficient (Wildman–Crippen LogP) is 3.30. The van der Waals surface area contributed by atoms with Crippen molar-refractivity contribution in [3.63, 3.8) is 0 Å². The lowest BCUT2D eigenvalue weighted by atomic mass is 9.88. The van der Waals surface area contributed by atoms with Crippen LogP contribution in [0.3, 0.4) is 0 Å². The number of rotatable bonds is 5. The molecule has 0 amide bonds. The van der Waals surface area contributed by atoms with Crippen molar-refractivity contribution in [2.75, 3.05) is 13.2 Å². The summed E-state index contributed by atoms with van der Waals surface area (Å²) in [4.78, 5) is 0. The van der Waals surface area contributed by atoms with Crippen LogP contribution in [0.25, 0.3) is 0 Å². The molecule has 0 aromatic rings. The molecule has 0 aromatic heterocycles. The topological polar surface area (TPSA) is 21.8 Å². The molecule has 2 aliphatic rings. The van der Waals surface area contributed by atoms with E-state index in [2.05, 4.69) is 19.6 Å². The van der Waals surface area contributed by atoms with Crippen LogP contribution in [0, 0.1) is 5.92 Å². The molecule has 0 aromatic carbocycles. The number of hydrogen-bond donors (Lipinski definition) is 0. The Hall–Kier alpha value is 0.137. The average molecular weight is 242 g/mol. The van der Waals surface area contributed by atoms with Gasteiger partial charge in [0.25, 0.3) is 0 Å². The summed E-state index contributed by atoms with van der Waals surface area (Å²) < 4.78 is 11.0. The summed E-state index contributed by atoms with van der Waals surface area (Å²) >= 11 is 0. The van der Waals surface area contributed by atoms with Gasteiger partial charge in [-0.25, -0.2) is 0 Å². The van der Waals surface area contributed by atoms with E-state index in [0.29, 0.717) is 12.2 Å². The minimum Gasteiger partial charge on any atom is -0.375 e. The van der Waals surface area contributed by atoms with Crippen LogP contribution >= 0.6 is 0 Å². The Morgan fingerprint density at radius 1 is 1.12 bits per heavy atom. The van der Waals surface area contributed by atoms with Gasteiger partial charge < -0.3 is 9.47 Å². The van der Waals surface area contributed by atoms with E-state index in [-0.39, 0.29) is 0 Å². The largest absolute Gasteiger partial charge is 0.375 e. The van der Waals surface area contributed by atoms with E-state index >= 15 is 0 Å². The fraction of sp³-hybridized carbons (Fsp3) is 1.00. The number of epoxide rings is 1. The Bertz CT molecular complexity index is 212. The first-order chi connectivity index (χ1) is 7.53. The number of ether oxygens (including phenoxy) is 2. The first-order valence-corrected chi connectivity index (χ1v) is 10.5. The summed E-state index contributed by atoms with van der Waals surface area (Å²) in [5.74, 6) is 0.990. The van der Waals surface area contributed by atoms with Crippen molar-refractivity contribution >= 4 is 8.07 Å². The molecule has 0 N–H and O–H groups in total. The Morgan fingerprint density at radius 3 is 2.25 bits per heavy atom. The summed E-state index contributed by atoms with van der Waals surface area (Å²) in [5.41, 5.74) is 0. The Kier molecular flexibility index (Phi) is 4.09. The molecular formula is C13H26O2Si. The maximum atomic E-state index is 5.87. The summed E-state index contributed by atoms with van der Waals surface area (Å²) in [6.07, 6.45) is 6.30. The molecule has 3 heteroatoms. The van der Waals surface area contributed by atoms with Crippen LogP contribution in [0.2, 0.25) is 25.7 Å². The molecule has 1 saturated heterocycles. The van der Waals surface area contributed by atoms with Crippen LogP contribution in [-0.4, -0.2) is 33.5 Å². The number of hydrogen-bond acceptors (Lipinski definition) is 2. The zero-order chi connectivity index (χ0) is 11.6. The monoisotopic (exact) mass is 242 g/mol. The minimum absolute atomic E-state index is 0.430. The van der Waals surface area contributed by atoms with Crippen molar-refractivity contribution < 1.29 is 9.47 Å². The van der Waals surface area contributed by atoms with Gasteiger partial charge in [0, 0.05) is 8.07 Å². The highest BCUT2D eigenvalue weighted by molar-refractivity contribution is 6.76. The maximum Gasteiger partial charge on any atom is 0.104 e. The molecule has 1 unspecified atom stereocenters. The molecule has 0 bridgehead atoms. The average Bonchev–Trinajstić information content (AvgIpc) is 2.98. The van der Waals surface area contributed by atoms with Crippen molar-refractivity contribution in [2.24, 2.45) is 5.92 Å². The predicted molar refractivity (Wildman–Crippen MR) is 69.6 cm³/mol. The third kappa shape index (κ3) is 4.56. The first kappa shape index (κ1) is 12.6. The van der Waals surface area contributed by atoms with Crippen LogP contribution in [0.5, 0.6) is 0 Å². The highest BCUT2D eigenvalue weighted by Gasteiger charge is 2.28. The zero-order valence-corrected chi connectivity index (χ0v) is 12.0. The summed E-state index contributed by atoms with van der Waals surface area (Å²) in [6.45, 7) is 9.22. The molecule has 0 spiro atoms. The smallest absolute Gasteiger partial charge is 0.104 e. The van der Waals surface area contributed by atoms with E-state index in [1.54, 1.807) is 0 Å². The molecule has 1 aliphatic carbocycles. The minimum atomic E-state index is -0.854. The molecule has 2 nitrogen and oxygen atoms in total. The van der Waals surface area contributed by atoms with Gasteiger partial charge in [0.05, 0.1) is 19.3 Å². The van der Waals surface area contributed by atoms with Gasteiger partial charge in [-0.15, -0.1) is 0 Å². The van der Waals surface area contributed by atoms with Gasteiger partial charge in [0.1, 0.15) is 6.10 Å². The summed E-state index contributed by atoms with van der Waals surface area (Å²) in [6, 6.07) is 1.51.